The van der Waals surface area contributed by atoms with Gasteiger partial charge >= 0.3 is 0 Å². The zero-order valence-corrected chi connectivity index (χ0v) is 14.9. The molecular formula is C16H26N2O4S. The predicted octanol–water partition coefficient (Wildman–Crippen LogP) is 3.36. The molecular weight excluding hydrogens is 316 g/mol. The molecule has 1 saturated heterocycles. The van der Waals surface area contributed by atoms with Crippen molar-refractivity contribution < 1.29 is 18.2 Å². The van der Waals surface area contributed by atoms with E-state index in [1.54, 1.807) is 12.3 Å². The van der Waals surface area contributed by atoms with Gasteiger partial charge in [-0.1, -0.05) is 11.6 Å². The van der Waals surface area contributed by atoms with Gasteiger partial charge in [0.2, 0.25) is 5.79 Å². The summed E-state index contributed by atoms with van der Waals surface area (Å²) < 4.78 is 32.0. The van der Waals surface area contributed by atoms with E-state index in [4.69, 9.17) is 14.0 Å². The number of nitrogens with zero attached hydrogens (tertiary/aromatic N) is 2. The van der Waals surface area contributed by atoms with Gasteiger partial charge in [0.1, 0.15) is 22.9 Å². The Morgan fingerprint density at radius 2 is 2.04 bits per heavy atom. The van der Waals surface area contributed by atoms with E-state index in [1.807, 2.05) is 20.8 Å². The summed E-state index contributed by atoms with van der Waals surface area (Å²) in [7, 11) is -1.16. The van der Waals surface area contributed by atoms with E-state index in [0.29, 0.717) is 18.9 Å². The Kier molecular flexibility index (Phi) is 6.50. The summed E-state index contributed by atoms with van der Waals surface area (Å²) in [5.74, 6) is -0.741. The number of aromatic nitrogens is 1. The molecule has 0 radical (unpaired) electrons. The maximum Gasteiger partial charge on any atom is 0.215 e. The van der Waals surface area contributed by atoms with Crippen molar-refractivity contribution in [3.05, 3.63) is 18.0 Å². The van der Waals surface area contributed by atoms with E-state index in [0.717, 1.165) is 32.1 Å². The van der Waals surface area contributed by atoms with Crippen LogP contribution < -0.4 is 0 Å². The monoisotopic (exact) mass is 342 g/mol. The van der Waals surface area contributed by atoms with Gasteiger partial charge < -0.3 is 14.0 Å². The van der Waals surface area contributed by atoms with E-state index >= 15 is 0 Å². The molecule has 1 aromatic rings. The Morgan fingerprint density at radius 1 is 1.30 bits per heavy atom. The first kappa shape index (κ1) is 18.3. The summed E-state index contributed by atoms with van der Waals surface area (Å²) in [6.45, 7) is 6.93. The lowest BCUT2D eigenvalue weighted by Gasteiger charge is -2.24. The van der Waals surface area contributed by atoms with Crippen molar-refractivity contribution in [3.63, 3.8) is 0 Å². The van der Waals surface area contributed by atoms with Crippen molar-refractivity contribution in [3.8, 4) is 0 Å². The molecule has 1 aliphatic heterocycles. The molecule has 2 heterocycles. The Bertz CT molecular complexity index is 517. The van der Waals surface area contributed by atoms with Crippen LogP contribution in [0.25, 0.3) is 0 Å². The SMILES string of the molecule is CC(C)(C)[S@@](=O)/N=C/CCCCCC1(c2ccon2)OCCO1. The molecule has 2 rings (SSSR count). The fraction of sp³-hybridized carbons (Fsp3) is 0.750. The van der Waals surface area contributed by atoms with Crippen LogP contribution in [0.4, 0.5) is 0 Å². The third-order valence-electron chi connectivity index (χ3n) is 3.62. The number of unbranched alkanes of at least 4 members (excludes halogenated alkanes) is 3. The molecule has 23 heavy (non-hydrogen) atoms. The fourth-order valence-corrected chi connectivity index (χ4v) is 2.89. The number of hydrogen-bond acceptors (Lipinski definition) is 5. The quantitative estimate of drug-likeness (QED) is 0.535. The highest BCUT2D eigenvalue weighted by atomic mass is 32.2. The van der Waals surface area contributed by atoms with Gasteiger partial charge in [-0.2, -0.15) is 4.40 Å². The largest absolute Gasteiger partial charge is 0.364 e. The van der Waals surface area contributed by atoms with E-state index in [9.17, 15) is 4.21 Å². The Balaban J connectivity index is 1.69. The van der Waals surface area contributed by atoms with Gasteiger partial charge in [-0.3, -0.25) is 0 Å². The van der Waals surface area contributed by atoms with Gasteiger partial charge in [-0.15, -0.1) is 0 Å². The van der Waals surface area contributed by atoms with Gasteiger partial charge in [0.15, 0.2) is 0 Å². The van der Waals surface area contributed by atoms with Crippen LogP contribution in [0, 0.1) is 0 Å². The van der Waals surface area contributed by atoms with Crippen molar-refractivity contribution in [1.82, 2.24) is 5.16 Å². The van der Waals surface area contributed by atoms with Crippen LogP contribution in [0.1, 0.15) is 58.6 Å². The van der Waals surface area contributed by atoms with Gasteiger partial charge in [0, 0.05) is 18.7 Å². The zero-order chi connectivity index (χ0) is 16.8. The lowest BCUT2D eigenvalue weighted by atomic mass is 10.0. The molecule has 0 amide bonds. The summed E-state index contributed by atoms with van der Waals surface area (Å²) in [5.41, 5.74) is 0.706. The third-order valence-corrected chi connectivity index (χ3v) is 5.00. The molecule has 0 spiro atoms. The van der Waals surface area contributed by atoms with E-state index in [1.165, 1.54) is 6.26 Å². The summed E-state index contributed by atoms with van der Waals surface area (Å²) in [6.07, 6.45) is 7.89. The molecule has 7 heteroatoms. The molecule has 0 saturated carbocycles. The molecule has 1 fully saturated rings. The molecule has 1 aliphatic rings. The van der Waals surface area contributed by atoms with E-state index in [-0.39, 0.29) is 4.75 Å². The predicted molar refractivity (Wildman–Crippen MR) is 89.6 cm³/mol. The maximum absolute atomic E-state index is 11.8. The average molecular weight is 342 g/mol. The van der Waals surface area contributed by atoms with Crippen LogP contribution in [0.15, 0.2) is 21.3 Å². The highest BCUT2D eigenvalue weighted by Crippen LogP contribution is 2.35. The minimum absolute atomic E-state index is 0.294. The number of ether oxygens (including phenoxy) is 2. The number of hydrogen-bond donors (Lipinski definition) is 0. The van der Waals surface area contributed by atoms with Gasteiger partial charge in [-0.05, 0) is 40.0 Å². The third kappa shape index (κ3) is 5.22. The van der Waals surface area contributed by atoms with Crippen LogP contribution >= 0.6 is 0 Å². The molecule has 0 bridgehead atoms. The summed E-state index contributed by atoms with van der Waals surface area (Å²) >= 11 is 0. The Hall–Kier alpha value is -1.05. The van der Waals surface area contributed by atoms with Crippen LogP contribution in [-0.4, -0.2) is 33.5 Å². The standard InChI is InChI=1S/C16H26N2O4S/c1-15(2,3)23(19)17-10-7-5-4-6-9-16(20-12-13-21-16)14-8-11-22-18-14/h8,10-11H,4-7,9,12-13H2,1-3H3/b17-10+/t23-/m1/s1. The maximum atomic E-state index is 11.8. The van der Waals surface area contributed by atoms with Crippen LogP contribution in [0.5, 0.6) is 0 Å². The second-order valence-electron chi connectivity index (χ2n) is 6.58. The minimum Gasteiger partial charge on any atom is -0.364 e. The highest BCUT2D eigenvalue weighted by Gasteiger charge is 2.40. The summed E-state index contributed by atoms with van der Waals surface area (Å²) in [5, 5.41) is 3.96. The van der Waals surface area contributed by atoms with Crippen molar-refractivity contribution in [2.45, 2.75) is 63.4 Å². The van der Waals surface area contributed by atoms with Crippen LogP contribution in [0.2, 0.25) is 0 Å². The lowest BCUT2D eigenvalue weighted by Crippen LogP contribution is -2.27. The van der Waals surface area contributed by atoms with E-state index in [2.05, 4.69) is 9.55 Å². The lowest BCUT2D eigenvalue weighted by molar-refractivity contribution is -0.175. The van der Waals surface area contributed by atoms with Crippen LogP contribution in [0.3, 0.4) is 0 Å². The van der Waals surface area contributed by atoms with Gasteiger partial charge in [0.05, 0.1) is 18.0 Å². The topological polar surface area (TPSA) is 73.9 Å². The fourth-order valence-electron chi connectivity index (χ4n) is 2.33. The molecule has 0 aliphatic carbocycles. The molecule has 1 atom stereocenters. The zero-order valence-electron chi connectivity index (χ0n) is 14.1. The Morgan fingerprint density at radius 3 is 2.65 bits per heavy atom. The molecule has 0 N–H and O–H groups in total. The highest BCUT2D eigenvalue weighted by molar-refractivity contribution is 7.85. The first-order chi connectivity index (χ1) is 10.9. The van der Waals surface area contributed by atoms with E-state index < -0.39 is 16.8 Å². The van der Waals surface area contributed by atoms with Crippen molar-refractivity contribution >= 4 is 17.2 Å². The molecule has 0 unspecified atom stereocenters. The van der Waals surface area contributed by atoms with Gasteiger partial charge in [0.25, 0.3) is 0 Å². The van der Waals surface area contributed by atoms with Crippen LogP contribution in [-0.2, 0) is 26.2 Å². The van der Waals surface area contributed by atoms with Gasteiger partial charge in [-0.25, -0.2) is 4.21 Å². The van der Waals surface area contributed by atoms with Crippen molar-refractivity contribution in [2.75, 3.05) is 13.2 Å². The van der Waals surface area contributed by atoms with Crippen molar-refractivity contribution in [2.24, 2.45) is 4.40 Å². The first-order valence-corrected chi connectivity index (χ1v) is 9.18. The Labute approximate surface area is 140 Å². The molecule has 6 nitrogen and oxygen atoms in total. The smallest absolute Gasteiger partial charge is 0.215 e. The molecule has 0 aromatic carbocycles. The molecule has 130 valence electrons. The average Bonchev–Trinajstić information content (AvgIpc) is 3.17. The summed E-state index contributed by atoms with van der Waals surface area (Å²) in [6, 6.07) is 1.79. The minimum atomic E-state index is -1.16. The second kappa shape index (κ2) is 8.17. The number of rotatable bonds is 8. The molecule has 1 aromatic heterocycles. The van der Waals surface area contributed by atoms with Crippen molar-refractivity contribution in [1.29, 1.82) is 0 Å². The normalized spacial score (nSPS) is 19.4. The first-order valence-electron chi connectivity index (χ1n) is 8.07. The second-order valence-corrected chi connectivity index (χ2v) is 8.52. The summed E-state index contributed by atoms with van der Waals surface area (Å²) in [4.78, 5) is 0.